The number of primary sulfonamides is 1. The number of aliphatic imine (C=N–C) groups is 1. The van der Waals surface area contributed by atoms with E-state index in [0.717, 1.165) is 18.9 Å². The molecule has 0 radical (unpaired) electrons. The molecule has 0 aliphatic carbocycles. The second-order valence-corrected chi connectivity index (χ2v) is 4.73. The van der Waals surface area contributed by atoms with Gasteiger partial charge in [0, 0.05) is 6.54 Å². The Morgan fingerprint density at radius 3 is 2.81 bits per heavy atom. The monoisotopic (exact) mass is 241 g/mol. The number of nitrogens with two attached hydrogens (primary N) is 1. The second kappa shape index (κ2) is 5.62. The fraction of sp³-hybridized carbons (Fsp3) is 0.300. The zero-order chi connectivity index (χ0) is 12.0. The van der Waals surface area contributed by atoms with E-state index in [0.29, 0.717) is 0 Å². The van der Waals surface area contributed by atoms with Gasteiger partial charge in [0.05, 0.1) is 11.4 Å². The summed E-state index contributed by atoms with van der Waals surface area (Å²) >= 11 is 0. The van der Waals surface area contributed by atoms with Gasteiger partial charge in [-0.15, -0.1) is 0 Å². The van der Waals surface area contributed by atoms with Crippen molar-refractivity contribution in [2.24, 2.45) is 10.1 Å². The minimum Gasteiger partial charge on any atom is -0.369 e. The van der Waals surface area contributed by atoms with Gasteiger partial charge in [0.2, 0.25) is 10.0 Å². The maximum Gasteiger partial charge on any atom is 0.238 e. The molecule has 0 spiro atoms. The highest BCUT2D eigenvalue weighted by atomic mass is 32.2. The maximum absolute atomic E-state index is 11.1. The molecule has 0 atom stereocenters. The predicted molar refractivity (Wildman–Crippen MR) is 65.4 cm³/mol. The molecular weight excluding hydrogens is 226 g/mol. The van der Waals surface area contributed by atoms with E-state index >= 15 is 0 Å². The largest absolute Gasteiger partial charge is 0.369 e. The molecule has 0 aromatic rings. The van der Waals surface area contributed by atoms with E-state index in [2.05, 4.69) is 10.3 Å². The lowest BCUT2D eigenvalue weighted by Gasteiger charge is -1.96. The molecule has 1 heterocycles. The molecule has 0 saturated carbocycles. The number of nitrogens with zero attached hydrogens (tertiary/aromatic N) is 1. The summed E-state index contributed by atoms with van der Waals surface area (Å²) in [6.07, 6.45) is 7.83. The molecule has 1 aliphatic heterocycles. The fourth-order valence-electron chi connectivity index (χ4n) is 1.17. The topological polar surface area (TPSA) is 84.5 Å². The van der Waals surface area contributed by atoms with Crippen molar-refractivity contribution in [3.63, 3.8) is 0 Å². The molecule has 6 heteroatoms. The smallest absolute Gasteiger partial charge is 0.238 e. The number of rotatable bonds is 4. The van der Waals surface area contributed by atoms with Crippen molar-refractivity contribution in [3.8, 4) is 0 Å². The summed E-state index contributed by atoms with van der Waals surface area (Å²) in [7, 11) is -3.66. The van der Waals surface area contributed by atoms with Crippen molar-refractivity contribution in [1.29, 1.82) is 0 Å². The van der Waals surface area contributed by atoms with Crippen molar-refractivity contribution in [3.05, 3.63) is 35.3 Å². The van der Waals surface area contributed by atoms with Crippen LogP contribution >= 0.6 is 0 Å². The Balaban J connectivity index is 2.79. The van der Waals surface area contributed by atoms with Crippen LogP contribution in [0.4, 0.5) is 0 Å². The highest BCUT2D eigenvalue weighted by molar-refractivity contribution is 7.93. The zero-order valence-corrected chi connectivity index (χ0v) is 9.87. The van der Waals surface area contributed by atoms with Crippen molar-refractivity contribution < 1.29 is 8.42 Å². The van der Waals surface area contributed by atoms with Crippen LogP contribution in [-0.2, 0) is 10.0 Å². The van der Waals surface area contributed by atoms with Crippen molar-refractivity contribution >= 4 is 15.9 Å². The Morgan fingerprint density at radius 1 is 1.56 bits per heavy atom. The first kappa shape index (κ1) is 12.7. The highest BCUT2D eigenvalue weighted by Crippen LogP contribution is 2.04. The Bertz CT molecular complexity index is 458. The summed E-state index contributed by atoms with van der Waals surface area (Å²) in [5.41, 5.74) is 0. The van der Waals surface area contributed by atoms with Crippen LogP contribution in [0.2, 0.25) is 0 Å². The summed E-state index contributed by atoms with van der Waals surface area (Å²) in [6.45, 7) is 3.30. The van der Waals surface area contributed by atoms with Gasteiger partial charge < -0.3 is 5.32 Å². The molecular formula is C10H15N3O2S. The molecule has 0 aromatic heterocycles. The Labute approximate surface area is 95.5 Å². The van der Waals surface area contributed by atoms with Gasteiger partial charge in [-0.3, -0.25) is 4.99 Å². The van der Waals surface area contributed by atoms with E-state index in [1.54, 1.807) is 25.2 Å². The van der Waals surface area contributed by atoms with E-state index in [1.807, 2.05) is 0 Å². The molecule has 1 rings (SSSR count). The standard InChI is InChI=1S/C10H15N3O2S/c1-2-4-9(16(11,14)15)5-3-6-10-12-7-8-13-10/h2-6H,7-8H2,1H3,(H,12,13)(H2,11,14,15)/b4-2-,6-3+,9-5+. The molecule has 88 valence electrons. The Hall–Kier alpha value is -1.40. The Kier molecular flexibility index (Phi) is 4.45. The number of nitrogens with one attached hydrogen (secondary N) is 1. The molecule has 0 aromatic carbocycles. The predicted octanol–water partition coefficient (Wildman–Crippen LogP) is 0.293. The van der Waals surface area contributed by atoms with Gasteiger partial charge in [0.25, 0.3) is 0 Å². The number of hydrogen-bond donors (Lipinski definition) is 2. The molecule has 0 fully saturated rings. The molecule has 16 heavy (non-hydrogen) atoms. The summed E-state index contributed by atoms with van der Waals surface area (Å²) in [5, 5.41) is 8.07. The van der Waals surface area contributed by atoms with E-state index in [1.165, 1.54) is 12.2 Å². The van der Waals surface area contributed by atoms with E-state index < -0.39 is 10.0 Å². The quantitative estimate of drug-likeness (QED) is 0.694. The van der Waals surface area contributed by atoms with Gasteiger partial charge in [-0.2, -0.15) is 0 Å². The number of allylic oxidation sites excluding steroid dienone is 4. The zero-order valence-electron chi connectivity index (χ0n) is 9.05. The van der Waals surface area contributed by atoms with Crippen molar-refractivity contribution in [1.82, 2.24) is 5.32 Å². The third-order valence-electron chi connectivity index (χ3n) is 1.87. The average molecular weight is 241 g/mol. The van der Waals surface area contributed by atoms with E-state index in [4.69, 9.17) is 5.14 Å². The van der Waals surface area contributed by atoms with E-state index in [-0.39, 0.29) is 4.91 Å². The molecule has 0 amide bonds. The van der Waals surface area contributed by atoms with Gasteiger partial charge in [-0.1, -0.05) is 12.2 Å². The normalized spacial score (nSPS) is 18.1. The van der Waals surface area contributed by atoms with Crippen LogP contribution in [-0.4, -0.2) is 27.3 Å². The van der Waals surface area contributed by atoms with Crippen LogP contribution in [0.15, 0.2) is 40.3 Å². The lowest BCUT2D eigenvalue weighted by molar-refractivity contribution is 0.604. The molecule has 0 saturated heterocycles. The summed E-state index contributed by atoms with van der Waals surface area (Å²) in [5.74, 6) is 0.755. The lowest BCUT2D eigenvalue weighted by atomic mass is 10.4. The number of sulfonamides is 1. The van der Waals surface area contributed by atoms with Crippen molar-refractivity contribution in [2.45, 2.75) is 6.92 Å². The average Bonchev–Trinajstić information content (AvgIpc) is 2.67. The summed E-state index contributed by atoms with van der Waals surface area (Å²) in [4.78, 5) is 4.21. The first-order chi connectivity index (χ1) is 7.54. The van der Waals surface area contributed by atoms with E-state index in [9.17, 15) is 8.42 Å². The summed E-state index contributed by atoms with van der Waals surface area (Å²) in [6, 6.07) is 0. The van der Waals surface area contributed by atoms with Gasteiger partial charge in [0.1, 0.15) is 5.84 Å². The first-order valence-electron chi connectivity index (χ1n) is 4.86. The molecule has 5 nitrogen and oxygen atoms in total. The van der Waals surface area contributed by atoms with Crippen LogP contribution in [0.1, 0.15) is 6.92 Å². The van der Waals surface area contributed by atoms with Crippen molar-refractivity contribution in [2.75, 3.05) is 13.1 Å². The third-order valence-corrected chi connectivity index (χ3v) is 2.80. The van der Waals surface area contributed by atoms with Gasteiger partial charge >= 0.3 is 0 Å². The van der Waals surface area contributed by atoms with Gasteiger partial charge in [-0.25, -0.2) is 13.6 Å². The van der Waals surface area contributed by atoms with Crippen LogP contribution in [0.3, 0.4) is 0 Å². The minimum atomic E-state index is -3.66. The lowest BCUT2D eigenvalue weighted by Crippen LogP contribution is -2.15. The minimum absolute atomic E-state index is 0.0739. The number of hydrogen-bond acceptors (Lipinski definition) is 4. The van der Waals surface area contributed by atoms with Gasteiger partial charge in [0.15, 0.2) is 0 Å². The Morgan fingerprint density at radius 2 is 2.31 bits per heavy atom. The molecule has 0 unspecified atom stereocenters. The van der Waals surface area contributed by atoms with Crippen LogP contribution in [0, 0.1) is 0 Å². The molecule has 1 aliphatic rings. The highest BCUT2D eigenvalue weighted by Gasteiger charge is 2.06. The second-order valence-electron chi connectivity index (χ2n) is 3.17. The van der Waals surface area contributed by atoms with Crippen LogP contribution in [0.5, 0.6) is 0 Å². The summed E-state index contributed by atoms with van der Waals surface area (Å²) < 4.78 is 22.3. The SMILES string of the molecule is C\C=C/C(=C\C=C\C1=NCCN1)S(N)(=O)=O. The van der Waals surface area contributed by atoms with Crippen LogP contribution < -0.4 is 10.5 Å². The van der Waals surface area contributed by atoms with Crippen LogP contribution in [0.25, 0.3) is 0 Å². The maximum atomic E-state index is 11.1. The van der Waals surface area contributed by atoms with Gasteiger partial charge in [-0.05, 0) is 25.2 Å². The third kappa shape index (κ3) is 4.00. The molecule has 3 N–H and O–H groups in total. The molecule has 0 bridgehead atoms. The fourth-order valence-corrected chi connectivity index (χ4v) is 1.77. The number of amidine groups is 1. The first-order valence-corrected chi connectivity index (χ1v) is 6.41.